The summed E-state index contributed by atoms with van der Waals surface area (Å²) in [6, 6.07) is 9.50. The van der Waals surface area contributed by atoms with E-state index in [-0.39, 0.29) is 0 Å². The van der Waals surface area contributed by atoms with E-state index in [9.17, 15) is 0 Å². The van der Waals surface area contributed by atoms with Crippen LogP contribution in [0.5, 0.6) is 0 Å². The van der Waals surface area contributed by atoms with Crippen molar-refractivity contribution in [2.45, 2.75) is 38.6 Å². The summed E-state index contributed by atoms with van der Waals surface area (Å²) in [6.45, 7) is 2.79. The van der Waals surface area contributed by atoms with E-state index < -0.39 is 0 Å². The predicted molar refractivity (Wildman–Crippen MR) is 68.6 cm³/mol. The number of hydroxylamine groups is 1. The van der Waals surface area contributed by atoms with Crippen molar-refractivity contribution in [3.63, 3.8) is 0 Å². The number of rotatable bonds is 3. The summed E-state index contributed by atoms with van der Waals surface area (Å²) in [5.74, 6) is 1.52. The van der Waals surface area contributed by atoms with E-state index in [1.54, 1.807) is 11.1 Å². The van der Waals surface area contributed by atoms with E-state index in [4.69, 9.17) is 4.84 Å². The lowest BCUT2D eigenvalue weighted by Crippen LogP contribution is -2.38. The lowest BCUT2D eigenvalue weighted by molar-refractivity contribution is 0.00417. The Hall–Kier alpha value is -0.860. The maximum Gasteiger partial charge on any atom is 0.0654 e. The largest absolute Gasteiger partial charge is 0.302 e. The van der Waals surface area contributed by atoms with Gasteiger partial charge in [0.05, 0.1) is 6.61 Å². The minimum absolute atomic E-state index is 0.558. The summed E-state index contributed by atoms with van der Waals surface area (Å²) in [5, 5.41) is 0. The van der Waals surface area contributed by atoms with Crippen LogP contribution < -0.4 is 5.48 Å². The third-order valence-corrected chi connectivity index (χ3v) is 4.37. The van der Waals surface area contributed by atoms with E-state index in [1.807, 2.05) is 6.92 Å². The molecule has 0 aromatic heterocycles. The Morgan fingerprint density at radius 3 is 2.24 bits per heavy atom. The van der Waals surface area contributed by atoms with Gasteiger partial charge in [0.2, 0.25) is 0 Å². The van der Waals surface area contributed by atoms with E-state index in [0.29, 0.717) is 6.04 Å². The van der Waals surface area contributed by atoms with Crippen LogP contribution in [0.15, 0.2) is 24.3 Å². The van der Waals surface area contributed by atoms with Gasteiger partial charge >= 0.3 is 0 Å². The molecule has 2 heteroatoms. The highest BCUT2D eigenvalue weighted by molar-refractivity contribution is 5.30. The van der Waals surface area contributed by atoms with Crippen LogP contribution in [0, 0.1) is 11.8 Å². The molecule has 0 amide bonds. The highest BCUT2D eigenvalue weighted by atomic mass is 16.6. The molecule has 1 aromatic carbocycles. The number of benzene rings is 1. The zero-order valence-corrected chi connectivity index (χ0v) is 10.5. The van der Waals surface area contributed by atoms with Gasteiger partial charge in [-0.3, -0.25) is 0 Å². The number of fused-ring (bicyclic) bond motifs is 3. The van der Waals surface area contributed by atoms with Crippen LogP contribution in [0.3, 0.4) is 0 Å². The molecule has 2 bridgehead atoms. The first kappa shape index (κ1) is 11.2. The summed E-state index contributed by atoms with van der Waals surface area (Å²) in [4.78, 5) is 5.46. The molecule has 0 radical (unpaired) electrons. The van der Waals surface area contributed by atoms with Crippen molar-refractivity contribution in [2.24, 2.45) is 11.8 Å². The smallest absolute Gasteiger partial charge is 0.0654 e. The molecule has 92 valence electrons. The van der Waals surface area contributed by atoms with Crippen LogP contribution in [0.1, 0.15) is 30.9 Å². The zero-order valence-electron chi connectivity index (χ0n) is 10.5. The third kappa shape index (κ3) is 2.12. The van der Waals surface area contributed by atoms with Crippen molar-refractivity contribution in [1.29, 1.82) is 0 Å². The second-order valence-corrected chi connectivity index (χ2v) is 5.35. The molecule has 2 nitrogen and oxygen atoms in total. The fourth-order valence-electron chi connectivity index (χ4n) is 3.52. The van der Waals surface area contributed by atoms with Crippen molar-refractivity contribution in [3.8, 4) is 0 Å². The van der Waals surface area contributed by atoms with E-state index in [0.717, 1.165) is 18.4 Å². The van der Waals surface area contributed by atoms with Crippen LogP contribution in [-0.4, -0.2) is 12.6 Å². The van der Waals surface area contributed by atoms with Crippen molar-refractivity contribution >= 4 is 0 Å². The van der Waals surface area contributed by atoms with Gasteiger partial charge < -0.3 is 4.84 Å². The molecule has 2 atom stereocenters. The zero-order chi connectivity index (χ0) is 11.7. The summed E-state index contributed by atoms with van der Waals surface area (Å²) in [6.07, 6.45) is 5.14. The average Bonchev–Trinajstić information content (AvgIpc) is 2.62. The molecule has 3 rings (SSSR count). The Kier molecular flexibility index (Phi) is 3.17. The number of hydrogen-bond donors (Lipinski definition) is 1. The van der Waals surface area contributed by atoms with Crippen molar-refractivity contribution in [3.05, 3.63) is 35.4 Å². The molecule has 2 unspecified atom stereocenters. The Bertz CT molecular complexity index is 357. The molecule has 1 saturated carbocycles. The monoisotopic (exact) mass is 231 g/mol. The van der Waals surface area contributed by atoms with Gasteiger partial charge in [0.1, 0.15) is 0 Å². The first-order valence-corrected chi connectivity index (χ1v) is 6.82. The Morgan fingerprint density at radius 1 is 1.12 bits per heavy atom. The molecular weight excluding hydrogens is 210 g/mol. The normalized spacial score (nSPS) is 31.0. The van der Waals surface area contributed by atoms with Gasteiger partial charge in [0.15, 0.2) is 0 Å². The van der Waals surface area contributed by atoms with Crippen LogP contribution in [0.4, 0.5) is 0 Å². The molecule has 0 spiro atoms. The van der Waals surface area contributed by atoms with Gasteiger partial charge in [-0.25, -0.2) is 0 Å². The maximum atomic E-state index is 5.46. The van der Waals surface area contributed by atoms with E-state index in [2.05, 4.69) is 29.7 Å². The molecular formula is C15H21NO. The summed E-state index contributed by atoms with van der Waals surface area (Å²) < 4.78 is 0. The average molecular weight is 231 g/mol. The minimum Gasteiger partial charge on any atom is -0.302 e. The predicted octanol–water partition coefficient (Wildman–Crippen LogP) is 2.72. The van der Waals surface area contributed by atoms with Gasteiger partial charge in [-0.1, -0.05) is 24.3 Å². The number of nitrogens with one attached hydrogen (secondary N) is 1. The Labute approximate surface area is 103 Å². The van der Waals surface area contributed by atoms with Gasteiger partial charge in [0, 0.05) is 6.04 Å². The van der Waals surface area contributed by atoms with Crippen molar-refractivity contribution in [1.82, 2.24) is 5.48 Å². The molecule has 2 aliphatic carbocycles. The molecule has 17 heavy (non-hydrogen) atoms. The topological polar surface area (TPSA) is 21.3 Å². The van der Waals surface area contributed by atoms with Gasteiger partial charge in [-0.2, -0.15) is 5.48 Å². The molecule has 0 saturated heterocycles. The molecule has 2 aliphatic rings. The minimum atomic E-state index is 0.558. The van der Waals surface area contributed by atoms with Crippen molar-refractivity contribution < 1.29 is 4.84 Å². The van der Waals surface area contributed by atoms with Crippen LogP contribution in [-0.2, 0) is 17.7 Å². The first-order chi connectivity index (χ1) is 8.38. The van der Waals surface area contributed by atoms with Crippen molar-refractivity contribution in [2.75, 3.05) is 6.61 Å². The number of hydrogen-bond acceptors (Lipinski definition) is 2. The Balaban J connectivity index is 1.82. The highest BCUT2D eigenvalue weighted by Crippen LogP contribution is 2.39. The summed E-state index contributed by atoms with van der Waals surface area (Å²) >= 11 is 0. The van der Waals surface area contributed by atoms with Crippen LogP contribution in [0.25, 0.3) is 0 Å². The highest BCUT2D eigenvalue weighted by Gasteiger charge is 2.38. The quantitative estimate of drug-likeness (QED) is 0.808. The van der Waals surface area contributed by atoms with Gasteiger partial charge in [-0.15, -0.1) is 0 Å². The molecule has 0 heterocycles. The lowest BCUT2D eigenvalue weighted by atomic mass is 9.94. The molecule has 1 fully saturated rings. The van der Waals surface area contributed by atoms with E-state index in [1.165, 1.54) is 25.7 Å². The second kappa shape index (κ2) is 4.79. The summed E-state index contributed by atoms with van der Waals surface area (Å²) in [5.41, 5.74) is 6.42. The van der Waals surface area contributed by atoms with Crippen LogP contribution in [0.2, 0.25) is 0 Å². The molecule has 1 aromatic rings. The van der Waals surface area contributed by atoms with Crippen LogP contribution >= 0.6 is 0 Å². The SMILES string of the molecule is CCONC1C2CCC1Cc1ccccc1C2. The fourth-order valence-corrected chi connectivity index (χ4v) is 3.52. The molecule has 1 N–H and O–H groups in total. The first-order valence-electron chi connectivity index (χ1n) is 6.82. The maximum absolute atomic E-state index is 5.46. The Morgan fingerprint density at radius 2 is 1.71 bits per heavy atom. The summed E-state index contributed by atoms with van der Waals surface area (Å²) in [7, 11) is 0. The van der Waals surface area contributed by atoms with Gasteiger partial charge in [0.25, 0.3) is 0 Å². The third-order valence-electron chi connectivity index (χ3n) is 4.37. The fraction of sp³-hybridized carbons (Fsp3) is 0.600. The van der Waals surface area contributed by atoms with E-state index >= 15 is 0 Å². The van der Waals surface area contributed by atoms with Gasteiger partial charge in [-0.05, 0) is 55.6 Å². The lowest BCUT2D eigenvalue weighted by Gasteiger charge is -2.22. The molecule has 0 aliphatic heterocycles. The second-order valence-electron chi connectivity index (χ2n) is 5.35. The standard InChI is InChI=1S/C15H21NO/c1-2-17-16-15-13-7-8-14(15)10-12-6-4-3-5-11(12)9-13/h3-6,13-16H,2,7-10H2,1H3.